The van der Waals surface area contributed by atoms with Crippen LogP contribution in [0.25, 0.3) is 0 Å². The summed E-state index contributed by atoms with van der Waals surface area (Å²) < 4.78 is 11.0. The van der Waals surface area contributed by atoms with Crippen molar-refractivity contribution in [1.82, 2.24) is 50.7 Å². The number of piperazine rings is 2. The smallest absolute Gasteiger partial charge is 0.410 e. The molecule has 0 saturated carbocycles. The van der Waals surface area contributed by atoms with Gasteiger partial charge < -0.3 is 50.3 Å². The molecule has 8 atom stereocenters. The maximum absolute atomic E-state index is 15.0. The zero-order valence-corrected chi connectivity index (χ0v) is 56.3. The second kappa shape index (κ2) is 28.6. The summed E-state index contributed by atoms with van der Waals surface area (Å²) in [6.07, 6.45) is 3.62. The summed E-state index contributed by atoms with van der Waals surface area (Å²) in [5.74, 6) is -4.13. The number of ether oxygens (including phenoxy) is 2. The van der Waals surface area contributed by atoms with E-state index in [0.29, 0.717) is 13.0 Å². The van der Waals surface area contributed by atoms with Crippen molar-refractivity contribution in [2.45, 2.75) is 195 Å². The van der Waals surface area contributed by atoms with Gasteiger partial charge in [-0.05, 0) is 151 Å². The first-order valence-electron chi connectivity index (χ1n) is 32.0. The third-order valence-electron chi connectivity index (χ3n) is 17.7. The van der Waals surface area contributed by atoms with E-state index < -0.39 is 118 Å². The number of aryl methyl sites for hydroxylation is 2. The normalized spacial score (nSPS) is 20.0. The third kappa shape index (κ3) is 17.5. The van der Waals surface area contributed by atoms with E-state index in [9.17, 15) is 38.4 Å². The maximum atomic E-state index is 15.0. The lowest BCUT2D eigenvalue weighted by Gasteiger charge is -2.44. The number of hydrogen-bond acceptors (Lipinski definition) is 12. The Balaban J connectivity index is 1.11. The van der Waals surface area contributed by atoms with Gasteiger partial charge in [0.2, 0.25) is 35.4 Å². The molecular formula is C69H98N10O12. The summed E-state index contributed by atoms with van der Waals surface area (Å²) in [5, 5.41) is 12.1. The first-order chi connectivity index (χ1) is 42.4. The predicted octanol–water partition coefficient (Wildman–Crippen LogP) is 7.00. The van der Waals surface area contributed by atoms with E-state index in [-0.39, 0.29) is 62.4 Å². The van der Waals surface area contributed by atoms with Crippen LogP contribution >= 0.6 is 0 Å². The monoisotopic (exact) mass is 1260 g/mol. The summed E-state index contributed by atoms with van der Waals surface area (Å²) in [5.41, 5.74) is 1.47. The van der Waals surface area contributed by atoms with Crippen molar-refractivity contribution < 1.29 is 57.4 Å². The molecule has 91 heavy (non-hydrogen) atoms. The molecule has 2 fully saturated rings. The molecule has 4 aliphatic rings. The first kappa shape index (κ1) is 70.4. The molecule has 22 heteroatoms. The fourth-order valence-electron chi connectivity index (χ4n) is 12.1. The van der Waals surface area contributed by atoms with Gasteiger partial charge in [0.1, 0.15) is 47.5 Å². The number of nitrogens with one attached hydrogen (secondary N) is 4. The Kier molecular flexibility index (Phi) is 22.2. The van der Waals surface area contributed by atoms with Crippen molar-refractivity contribution in [3.05, 3.63) is 106 Å². The average Bonchev–Trinajstić information content (AvgIpc) is 0.887. The minimum atomic E-state index is -1.19. The molecule has 0 radical (unpaired) electrons. The van der Waals surface area contributed by atoms with Gasteiger partial charge in [0.05, 0.1) is 19.1 Å². The molecule has 2 saturated heterocycles. The molecular weight excluding hydrogens is 1160 g/mol. The van der Waals surface area contributed by atoms with Crippen molar-refractivity contribution in [1.29, 1.82) is 0 Å². The van der Waals surface area contributed by atoms with Crippen LogP contribution in [0, 0.1) is 10.8 Å². The molecule has 3 aromatic rings. The summed E-state index contributed by atoms with van der Waals surface area (Å²) in [6.45, 7) is 23.9. The summed E-state index contributed by atoms with van der Waals surface area (Å²) in [7, 11) is 2.88. The molecule has 0 spiro atoms. The van der Waals surface area contributed by atoms with E-state index in [2.05, 4.69) is 33.4 Å². The number of nitrogens with zero attached hydrogens (tertiary/aromatic N) is 6. The highest BCUT2D eigenvalue weighted by Crippen LogP contribution is 2.33. The summed E-state index contributed by atoms with van der Waals surface area (Å²) in [4.78, 5) is 151. The zero-order chi connectivity index (χ0) is 67.2. The standard InChI is InChI=1S/C69H98N10O12/c1-42(74(15)64(88)90-68(9,10)11)56(80)72-54(66(3,4)5)62(86)78-37-35-76(40-52(78)58(82)70-39-48-27-21-25-44-23-17-19-28-49(44)48)60(84)46-31-33-47(34-32-46)61(85)77-36-38-79(53(41-77)59(83)71-51-30-22-26-45-24-18-20-29-50(45)51)63(87)55(67(6,7)8)73-57(81)43(2)75(16)65(89)91-69(12,13)14/h17-20,23-24,28-29,31-34,42-43,48,51-55H,21-22,25-27,30,35-41H2,1-16H3,(H,70,82)(H,71,83)(H,72,80)(H,73,81)/t42-,43-,48-,51+,52-,53-,54+,55+/m0/s1. The number of fused-ring (bicyclic) bond motifs is 2. The second-order valence-electron chi connectivity index (χ2n) is 29.0. The van der Waals surface area contributed by atoms with Crippen LogP contribution in [0.2, 0.25) is 0 Å². The highest BCUT2D eigenvalue weighted by molar-refractivity contribution is 6.00. The van der Waals surface area contributed by atoms with Gasteiger partial charge in [0, 0.05) is 63.9 Å². The Labute approximate surface area is 537 Å². The van der Waals surface area contributed by atoms with Crippen LogP contribution in [0.1, 0.15) is 178 Å². The zero-order valence-electron chi connectivity index (χ0n) is 56.3. The van der Waals surface area contributed by atoms with Crippen molar-refractivity contribution in [2.24, 2.45) is 10.8 Å². The Morgan fingerprint density at radius 2 is 0.923 bits per heavy atom. The first-order valence-corrected chi connectivity index (χ1v) is 32.0. The molecule has 496 valence electrons. The molecule has 0 aromatic heterocycles. The lowest BCUT2D eigenvalue weighted by atomic mass is 9.83. The lowest BCUT2D eigenvalue weighted by Crippen LogP contribution is -2.66. The van der Waals surface area contributed by atoms with E-state index in [1.165, 1.54) is 77.4 Å². The van der Waals surface area contributed by atoms with Crippen LogP contribution < -0.4 is 21.3 Å². The van der Waals surface area contributed by atoms with E-state index in [1.54, 1.807) is 83.1 Å². The molecule has 22 nitrogen and oxygen atoms in total. The Morgan fingerprint density at radius 3 is 1.35 bits per heavy atom. The van der Waals surface area contributed by atoms with Crippen molar-refractivity contribution in [3.63, 3.8) is 0 Å². The summed E-state index contributed by atoms with van der Waals surface area (Å²) >= 11 is 0. The number of carbonyl (C=O) groups is 10. The van der Waals surface area contributed by atoms with Gasteiger partial charge in [-0.3, -0.25) is 48.2 Å². The molecule has 2 aliphatic carbocycles. The van der Waals surface area contributed by atoms with Gasteiger partial charge in [-0.1, -0.05) is 90.1 Å². The van der Waals surface area contributed by atoms with Gasteiger partial charge >= 0.3 is 12.2 Å². The largest absolute Gasteiger partial charge is 0.444 e. The number of benzene rings is 3. The maximum Gasteiger partial charge on any atom is 0.410 e. The van der Waals surface area contributed by atoms with E-state index >= 15 is 9.59 Å². The van der Waals surface area contributed by atoms with Gasteiger partial charge in [-0.2, -0.15) is 0 Å². The highest BCUT2D eigenvalue weighted by atomic mass is 16.6. The van der Waals surface area contributed by atoms with E-state index in [4.69, 9.17) is 9.47 Å². The van der Waals surface area contributed by atoms with Crippen LogP contribution in [-0.2, 0) is 51.1 Å². The molecule has 7 rings (SSSR count). The van der Waals surface area contributed by atoms with Crippen LogP contribution in [0.4, 0.5) is 9.59 Å². The van der Waals surface area contributed by atoms with Gasteiger partial charge in [-0.25, -0.2) is 9.59 Å². The minimum Gasteiger partial charge on any atom is -0.444 e. The number of hydrogen-bond donors (Lipinski definition) is 4. The fraction of sp³-hybridized carbons (Fsp3) is 0.594. The Morgan fingerprint density at radius 1 is 0.527 bits per heavy atom. The van der Waals surface area contributed by atoms with Crippen LogP contribution in [0.3, 0.4) is 0 Å². The quantitative estimate of drug-likeness (QED) is 0.120. The molecule has 2 heterocycles. The van der Waals surface area contributed by atoms with E-state index in [1.807, 2.05) is 36.4 Å². The molecule has 0 unspecified atom stereocenters. The van der Waals surface area contributed by atoms with Crippen LogP contribution in [0.5, 0.6) is 0 Å². The van der Waals surface area contributed by atoms with Crippen molar-refractivity contribution in [3.8, 4) is 0 Å². The minimum absolute atomic E-state index is 0.0194. The molecule has 0 bridgehead atoms. The molecule has 2 aliphatic heterocycles. The van der Waals surface area contributed by atoms with Crippen molar-refractivity contribution in [2.75, 3.05) is 59.9 Å². The van der Waals surface area contributed by atoms with Gasteiger partial charge in [-0.15, -0.1) is 0 Å². The Hall–Kier alpha value is -8.04. The highest BCUT2D eigenvalue weighted by Gasteiger charge is 2.47. The number of likely N-dealkylation sites (N-methyl/N-ethyl adjacent to an activating group) is 2. The van der Waals surface area contributed by atoms with Gasteiger partial charge in [0.25, 0.3) is 11.8 Å². The SMILES string of the molecule is C[C@@H](C(=O)N[C@H](C(=O)N1CCN(C(=O)c2ccc(C(=O)N3CCN(C(=O)[C@@H](NC(=O)[C@H](C)N(C)C(=O)OC(C)(C)C)C(C)(C)C)[C@H](C(=O)N[C@@H]4CCCc5ccccc54)C3)cc2)C[C@H]1C(=O)NC[C@@H]1CCCc2ccccc21)C(C)(C)C)N(C)C(=O)OC(C)(C)C. The summed E-state index contributed by atoms with van der Waals surface area (Å²) in [6, 6.07) is 15.0. The lowest BCUT2D eigenvalue weighted by molar-refractivity contribution is -0.149. The number of amides is 10. The Bertz CT molecular complexity index is 3200. The fourth-order valence-corrected chi connectivity index (χ4v) is 12.1. The van der Waals surface area contributed by atoms with Crippen molar-refractivity contribution >= 4 is 59.4 Å². The number of carbonyl (C=O) groups excluding carboxylic acids is 10. The predicted molar refractivity (Wildman–Crippen MR) is 344 cm³/mol. The number of rotatable bonds is 15. The molecule has 3 aromatic carbocycles. The van der Waals surface area contributed by atoms with Crippen LogP contribution in [-0.4, -0.2) is 196 Å². The van der Waals surface area contributed by atoms with E-state index in [0.717, 1.165) is 58.6 Å². The third-order valence-corrected chi connectivity index (χ3v) is 17.7. The van der Waals surface area contributed by atoms with Crippen LogP contribution in [0.15, 0.2) is 72.8 Å². The van der Waals surface area contributed by atoms with Gasteiger partial charge in [0.15, 0.2) is 0 Å². The molecule has 4 N–H and O–H groups in total. The topological polar surface area (TPSA) is 257 Å². The average molecular weight is 1260 g/mol. The molecule has 10 amide bonds. The second-order valence-corrected chi connectivity index (χ2v) is 29.0.